The van der Waals surface area contributed by atoms with Gasteiger partial charge in [0.15, 0.2) is 0 Å². The van der Waals surface area contributed by atoms with Crippen LogP contribution in [0.25, 0.3) is 0 Å². The van der Waals surface area contributed by atoms with E-state index >= 15 is 0 Å². The third-order valence-corrected chi connectivity index (χ3v) is 2.78. The third kappa shape index (κ3) is 6.93. The number of hydrogen-bond donors (Lipinski definition) is 0. The summed E-state index contributed by atoms with van der Waals surface area (Å²) in [4.78, 5) is 10.9. The second kappa shape index (κ2) is 9.04. The van der Waals surface area contributed by atoms with Crippen LogP contribution in [-0.4, -0.2) is 13.1 Å². The van der Waals surface area contributed by atoms with E-state index in [9.17, 15) is 4.79 Å². The Kier molecular flexibility index (Phi) is 8.70. The molecule has 0 aliphatic heterocycles. The van der Waals surface area contributed by atoms with Gasteiger partial charge in [-0.05, 0) is 12.3 Å². The van der Waals surface area contributed by atoms with Crippen molar-refractivity contribution in [1.82, 2.24) is 0 Å². The van der Waals surface area contributed by atoms with Crippen molar-refractivity contribution in [3.05, 3.63) is 0 Å². The van der Waals surface area contributed by atoms with Crippen molar-refractivity contribution in [3.63, 3.8) is 0 Å². The Bertz CT molecular complexity index is 143. The number of esters is 1. The Morgan fingerprint density at radius 3 is 2.43 bits per heavy atom. The second-order valence-electron chi connectivity index (χ2n) is 3.88. The highest BCUT2D eigenvalue weighted by molar-refractivity contribution is 5.69. The first-order chi connectivity index (χ1) is 6.74. The molecule has 2 nitrogen and oxygen atoms in total. The molecule has 0 aromatic heterocycles. The van der Waals surface area contributed by atoms with Crippen LogP contribution in [0.4, 0.5) is 0 Å². The summed E-state index contributed by atoms with van der Waals surface area (Å²) in [7, 11) is 1.46. The van der Waals surface area contributed by atoms with Gasteiger partial charge in [0, 0.05) is 6.42 Å². The number of carbonyl (C=O) groups excluding carboxylic acids is 1. The van der Waals surface area contributed by atoms with Gasteiger partial charge in [0.05, 0.1) is 7.11 Å². The van der Waals surface area contributed by atoms with Gasteiger partial charge in [0.25, 0.3) is 0 Å². The lowest BCUT2D eigenvalue weighted by molar-refractivity contribution is -0.140. The van der Waals surface area contributed by atoms with Crippen molar-refractivity contribution >= 4 is 5.97 Å². The minimum absolute atomic E-state index is 0.0704. The highest BCUT2D eigenvalue weighted by Gasteiger charge is 2.09. The topological polar surface area (TPSA) is 26.3 Å². The summed E-state index contributed by atoms with van der Waals surface area (Å²) >= 11 is 0. The van der Waals surface area contributed by atoms with Crippen LogP contribution in [0.3, 0.4) is 0 Å². The van der Waals surface area contributed by atoms with Crippen molar-refractivity contribution in [1.29, 1.82) is 0 Å². The Morgan fingerprint density at radius 2 is 1.93 bits per heavy atom. The minimum Gasteiger partial charge on any atom is -0.469 e. The standard InChI is InChI=1S/C12H24O2/c1-4-6-7-8-11(5-2)9-10-12(13)14-3/h11H,4-10H2,1-3H3. The van der Waals surface area contributed by atoms with Gasteiger partial charge in [-0.2, -0.15) is 0 Å². The summed E-state index contributed by atoms with van der Waals surface area (Å²) in [6, 6.07) is 0. The first-order valence-corrected chi connectivity index (χ1v) is 5.81. The van der Waals surface area contributed by atoms with Crippen molar-refractivity contribution in [2.45, 2.75) is 58.8 Å². The highest BCUT2D eigenvalue weighted by Crippen LogP contribution is 2.19. The van der Waals surface area contributed by atoms with Crippen LogP contribution in [0.2, 0.25) is 0 Å². The number of rotatable bonds is 8. The van der Waals surface area contributed by atoms with Crippen LogP contribution in [0, 0.1) is 5.92 Å². The molecule has 0 bridgehead atoms. The molecule has 2 heteroatoms. The normalized spacial score (nSPS) is 12.5. The maximum absolute atomic E-state index is 10.9. The van der Waals surface area contributed by atoms with Crippen LogP contribution in [0.1, 0.15) is 58.8 Å². The van der Waals surface area contributed by atoms with Crippen molar-refractivity contribution in [2.24, 2.45) is 5.92 Å². The van der Waals surface area contributed by atoms with E-state index in [1.807, 2.05) is 0 Å². The first kappa shape index (κ1) is 13.5. The van der Waals surface area contributed by atoms with E-state index in [2.05, 4.69) is 18.6 Å². The lowest BCUT2D eigenvalue weighted by Crippen LogP contribution is -2.05. The molecule has 0 rings (SSSR count). The molecule has 0 N–H and O–H groups in total. The highest BCUT2D eigenvalue weighted by atomic mass is 16.5. The molecule has 1 atom stereocenters. The quantitative estimate of drug-likeness (QED) is 0.442. The molecule has 0 saturated carbocycles. The van der Waals surface area contributed by atoms with E-state index in [-0.39, 0.29) is 5.97 Å². The SMILES string of the molecule is CCCCCC(CC)CCC(=O)OC. The summed E-state index contributed by atoms with van der Waals surface area (Å²) in [6.45, 7) is 4.42. The zero-order valence-corrected chi connectivity index (χ0v) is 9.84. The largest absolute Gasteiger partial charge is 0.469 e. The number of methoxy groups -OCH3 is 1. The van der Waals surface area contributed by atoms with E-state index < -0.39 is 0 Å². The molecule has 0 aliphatic rings. The predicted molar refractivity (Wildman–Crippen MR) is 59.2 cm³/mol. The lowest BCUT2D eigenvalue weighted by atomic mass is 9.94. The molecule has 0 heterocycles. The molecule has 0 aliphatic carbocycles. The number of unbranched alkanes of at least 4 members (excludes halogenated alkanes) is 2. The van der Waals surface area contributed by atoms with Crippen molar-refractivity contribution < 1.29 is 9.53 Å². The van der Waals surface area contributed by atoms with Crippen molar-refractivity contribution in [3.8, 4) is 0 Å². The fourth-order valence-corrected chi connectivity index (χ4v) is 1.66. The lowest BCUT2D eigenvalue weighted by Gasteiger charge is -2.13. The van der Waals surface area contributed by atoms with Gasteiger partial charge in [0.1, 0.15) is 0 Å². The van der Waals surface area contributed by atoms with E-state index in [0.29, 0.717) is 12.3 Å². The van der Waals surface area contributed by atoms with Gasteiger partial charge in [-0.25, -0.2) is 0 Å². The molecule has 0 aromatic rings. The van der Waals surface area contributed by atoms with Crippen LogP contribution < -0.4 is 0 Å². The first-order valence-electron chi connectivity index (χ1n) is 5.81. The third-order valence-electron chi connectivity index (χ3n) is 2.78. The Morgan fingerprint density at radius 1 is 1.21 bits per heavy atom. The van der Waals surface area contributed by atoms with E-state index in [1.165, 1.54) is 39.2 Å². The van der Waals surface area contributed by atoms with Gasteiger partial charge in [-0.1, -0.05) is 46.0 Å². The molecular formula is C12H24O2. The monoisotopic (exact) mass is 200 g/mol. The van der Waals surface area contributed by atoms with E-state index in [1.54, 1.807) is 0 Å². The molecule has 0 amide bonds. The van der Waals surface area contributed by atoms with Crippen LogP contribution >= 0.6 is 0 Å². The van der Waals surface area contributed by atoms with Crippen molar-refractivity contribution in [2.75, 3.05) is 7.11 Å². The predicted octanol–water partition coefficient (Wildman–Crippen LogP) is 3.55. The molecule has 0 aromatic carbocycles. The summed E-state index contributed by atoms with van der Waals surface area (Å²) < 4.78 is 4.63. The van der Waals surface area contributed by atoms with Crippen LogP contribution in [0.5, 0.6) is 0 Å². The number of carbonyl (C=O) groups is 1. The molecule has 1 unspecified atom stereocenters. The van der Waals surface area contributed by atoms with E-state index in [4.69, 9.17) is 0 Å². The van der Waals surface area contributed by atoms with Gasteiger partial charge >= 0.3 is 5.97 Å². The second-order valence-corrected chi connectivity index (χ2v) is 3.88. The molecule has 84 valence electrons. The van der Waals surface area contributed by atoms with Gasteiger partial charge in [-0.15, -0.1) is 0 Å². The smallest absolute Gasteiger partial charge is 0.305 e. The van der Waals surface area contributed by atoms with Crippen LogP contribution in [0.15, 0.2) is 0 Å². The fourth-order valence-electron chi connectivity index (χ4n) is 1.66. The molecule has 14 heavy (non-hydrogen) atoms. The zero-order valence-electron chi connectivity index (χ0n) is 9.84. The Hall–Kier alpha value is -0.530. The molecular weight excluding hydrogens is 176 g/mol. The average Bonchev–Trinajstić information content (AvgIpc) is 2.22. The van der Waals surface area contributed by atoms with Gasteiger partial charge in [-0.3, -0.25) is 4.79 Å². The summed E-state index contributed by atoms with van der Waals surface area (Å²) in [6.07, 6.45) is 7.91. The maximum atomic E-state index is 10.9. The molecule has 0 spiro atoms. The van der Waals surface area contributed by atoms with Gasteiger partial charge < -0.3 is 4.74 Å². The maximum Gasteiger partial charge on any atom is 0.305 e. The number of ether oxygens (including phenoxy) is 1. The van der Waals surface area contributed by atoms with Gasteiger partial charge in [0.2, 0.25) is 0 Å². The molecule has 0 radical (unpaired) electrons. The summed E-state index contributed by atoms with van der Waals surface area (Å²) in [5, 5.41) is 0. The number of hydrogen-bond acceptors (Lipinski definition) is 2. The molecule has 0 saturated heterocycles. The summed E-state index contributed by atoms with van der Waals surface area (Å²) in [5.41, 5.74) is 0. The minimum atomic E-state index is -0.0704. The van der Waals surface area contributed by atoms with Crippen LogP contribution in [-0.2, 0) is 9.53 Å². The molecule has 0 fully saturated rings. The fraction of sp³-hybridized carbons (Fsp3) is 0.917. The zero-order chi connectivity index (χ0) is 10.8. The van der Waals surface area contributed by atoms with E-state index in [0.717, 1.165) is 6.42 Å². The Balaban J connectivity index is 3.52. The summed E-state index contributed by atoms with van der Waals surface area (Å²) in [5.74, 6) is 0.639. The average molecular weight is 200 g/mol. The Labute approximate surface area is 88.0 Å².